The molecule has 1 aromatic carbocycles. The Balaban J connectivity index is 2.09. The minimum absolute atomic E-state index is 0.0877. The van der Waals surface area contributed by atoms with Gasteiger partial charge in [0.1, 0.15) is 0 Å². The lowest BCUT2D eigenvalue weighted by atomic mass is 10.3. The van der Waals surface area contributed by atoms with Crippen LogP contribution in [0.15, 0.2) is 36.5 Å². The zero-order valence-corrected chi connectivity index (χ0v) is 11.9. The third-order valence-corrected chi connectivity index (χ3v) is 2.80. The molecule has 0 aliphatic heterocycles. The number of para-hydroxylation sites is 1. The molecule has 0 bridgehead atoms. The summed E-state index contributed by atoms with van der Waals surface area (Å²) in [4.78, 5) is 11.2. The molecule has 0 amide bonds. The summed E-state index contributed by atoms with van der Waals surface area (Å²) in [5, 5.41) is 13.2. The van der Waals surface area contributed by atoms with E-state index in [-0.39, 0.29) is 11.4 Å². The van der Waals surface area contributed by atoms with Crippen molar-refractivity contribution in [3.8, 4) is 11.4 Å². The second kappa shape index (κ2) is 7.44. The molecule has 0 unspecified atom stereocenters. The van der Waals surface area contributed by atoms with Crippen LogP contribution < -0.4 is 4.74 Å². The average Bonchev–Trinajstić information content (AvgIpc) is 2.92. The molecule has 21 heavy (non-hydrogen) atoms. The van der Waals surface area contributed by atoms with E-state index in [2.05, 4.69) is 5.10 Å². The molecule has 2 aromatic rings. The number of aromatic nitrogens is 2. The molecule has 0 radical (unpaired) electrons. The minimum atomic E-state index is -1.11. The maximum Gasteiger partial charge on any atom is 0.360 e. The van der Waals surface area contributed by atoms with E-state index in [0.717, 1.165) is 5.69 Å². The molecule has 0 aliphatic carbocycles. The van der Waals surface area contributed by atoms with Crippen molar-refractivity contribution in [1.29, 1.82) is 0 Å². The quantitative estimate of drug-likeness (QED) is 0.756. The second-order valence-electron chi connectivity index (χ2n) is 4.33. The van der Waals surface area contributed by atoms with Crippen LogP contribution in [0, 0.1) is 0 Å². The molecule has 0 atom stereocenters. The largest absolute Gasteiger partial charge is 0.489 e. The number of benzene rings is 1. The lowest BCUT2D eigenvalue weighted by molar-refractivity contribution is 0.0684. The van der Waals surface area contributed by atoms with E-state index < -0.39 is 5.97 Å². The Hall–Kier alpha value is -2.34. The Morgan fingerprint density at radius 3 is 2.71 bits per heavy atom. The molecule has 2 rings (SSSR count). The van der Waals surface area contributed by atoms with E-state index in [0.29, 0.717) is 26.2 Å². The summed E-state index contributed by atoms with van der Waals surface area (Å²) in [7, 11) is 0. The molecule has 0 saturated heterocycles. The molecular weight excluding hydrogens is 272 g/mol. The van der Waals surface area contributed by atoms with Crippen molar-refractivity contribution < 1.29 is 19.4 Å². The van der Waals surface area contributed by atoms with Gasteiger partial charge in [-0.1, -0.05) is 18.2 Å². The summed E-state index contributed by atoms with van der Waals surface area (Å²) >= 11 is 0. The van der Waals surface area contributed by atoms with E-state index in [1.165, 1.54) is 4.68 Å². The van der Waals surface area contributed by atoms with Crippen LogP contribution in [0.3, 0.4) is 0 Å². The first-order valence-electron chi connectivity index (χ1n) is 6.81. The number of carboxylic acids is 1. The monoisotopic (exact) mass is 290 g/mol. The maximum atomic E-state index is 11.2. The number of rotatable bonds is 8. The van der Waals surface area contributed by atoms with Crippen molar-refractivity contribution in [3.63, 3.8) is 0 Å². The SMILES string of the molecule is CCOCCCOc1cn(-c2ccccc2)nc1C(=O)O. The van der Waals surface area contributed by atoms with E-state index in [9.17, 15) is 9.90 Å². The van der Waals surface area contributed by atoms with E-state index >= 15 is 0 Å². The molecule has 1 aromatic heterocycles. The van der Waals surface area contributed by atoms with Gasteiger partial charge in [-0.25, -0.2) is 9.48 Å². The molecular formula is C15H18N2O4. The molecule has 1 N–H and O–H groups in total. The smallest absolute Gasteiger partial charge is 0.360 e. The van der Waals surface area contributed by atoms with Gasteiger partial charge >= 0.3 is 5.97 Å². The van der Waals surface area contributed by atoms with Crippen molar-refractivity contribution in [3.05, 3.63) is 42.2 Å². The lowest BCUT2D eigenvalue weighted by Gasteiger charge is -2.04. The summed E-state index contributed by atoms with van der Waals surface area (Å²) < 4.78 is 12.2. The van der Waals surface area contributed by atoms with Crippen LogP contribution in [0.5, 0.6) is 5.75 Å². The van der Waals surface area contributed by atoms with Gasteiger partial charge in [0, 0.05) is 19.6 Å². The fourth-order valence-electron chi connectivity index (χ4n) is 1.81. The van der Waals surface area contributed by atoms with Crippen LogP contribution in [0.4, 0.5) is 0 Å². The number of ether oxygens (including phenoxy) is 2. The van der Waals surface area contributed by atoms with Gasteiger partial charge in [0.25, 0.3) is 0 Å². The number of hydrogen-bond acceptors (Lipinski definition) is 4. The first-order valence-corrected chi connectivity index (χ1v) is 6.81. The average molecular weight is 290 g/mol. The highest BCUT2D eigenvalue weighted by molar-refractivity contribution is 5.88. The van der Waals surface area contributed by atoms with Crippen LogP contribution in [0.25, 0.3) is 5.69 Å². The Labute approximate surface area is 122 Å². The van der Waals surface area contributed by atoms with Gasteiger partial charge in [-0.15, -0.1) is 0 Å². The third-order valence-electron chi connectivity index (χ3n) is 2.80. The van der Waals surface area contributed by atoms with E-state index in [4.69, 9.17) is 9.47 Å². The first kappa shape index (κ1) is 15.1. The predicted octanol–water partition coefficient (Wildman–Crippen LogP) is 2.38. The number of nitrogens with zero attached hydrogens (tertiary/aromatic N) is 2. The number of hydrogen-bond donors (Lipinski definition) is 1. The normalized spacial score (nSPS) is 10.5. The summed E-state index contributed by atoms with van der Waals surface area (Å²) in [5.74, 6) is -0.840. The molecule has 6 nitrogen and oxygen atoms in total. The fourth-order valence-corrected chi connectivity index (χ4v) is 1.81. The highest BCUT2D eigenvalue weighted by Crippen LogP contribution is 2.20. The van der Waals surface area contributed by atoms with Crippen LogP contribution in [-0.2, 0) is 4.74 Å². The molecule has 0 fully saturated rings. The number of carbonyl (C=O) groups is 1. The van der Waals surface area contributed by atoms with Gasteiger partial charge in [-0.05, 0) is 19.1 Å². The number of carboxylic acid groups (broad SMARTS) is 1. The van der Waals surface area contributed by atoms with E-state index in [1.54, 1.807) is 6.20 Å². The zero-order chi connectivity index (χ0) is 15.1. The molecule has 1 heterocycles. The number of aromatic carboxylic acids is 1. The molecule has 0 spiro atoms. The predicted molar refractivity (Wildman–Crippen MR) is 77.1 cm³/mol. The van der Waals surface area contributed by atoms with Crippen molar-refractivity contribution in [2.24, 2.45) is 0 Å². The standard InChI is InChI=1S/C15H18N2O4/c1-2-20-9-6-10-21-13-11-17(16-14(13)15(18)19)12-7-4-3-5-8-12/h3-5,7-8,11H,2,6,9-10H2,1H3,(H,18,19). The van der Waals surface area contributed by atoms with Gasteiger partial charge in [-0.2, -0.15) is 5.10 Å². The van der Waals surface area contributed by atoms with Crippen molar-refractivity contribution in [1.82, 2.24) is 9.78 Å². The van der Waals surface area contributed by atoms with Gasteiger partial charge in [0.05, 0.1) is 18.5 Å². The van der Waals surface area contributed by atoms with Crippen molar-refractivity contribution >= 4 is 5.97 Å². The zero-order valence-electron chi connectivity index (χ0n) is 11.9. The molecule has 0 aliphatic rings. The Kier molecular flexibility index (Phi) is 5.34. The van der Waals surface area contributed by atoms with Gasteiger partial charge < -0.3 is 14.6 Å². The summed E-state index contributed by atoms with van der Waals surface area (Å²) in [6, 6.07) is 9.30. The Morgan fingerprint density at radius 1 is 1.29 bits per heavy atom. The third kappa shape index (κ3) is 4.06. The highest BCUT2D eigenvalue weighted by atomic mass is 16.5. The summed E-state index contributed by atoms with van der Waals surface area (Å²) in [6.07, 6.45) is 2.28. The topological polar surface area (TPSA) is 73.6 Å². The second-order valence-corrected chi connectivity index (χ2v) is 4.33. The lowest BCUT2D eigenvalue weighted by Crippen LogP contribution is -2.06. The molecule has 6 heteroatoms. The Morgan fingerprint density at radius 2 is 2.05 bits per heavy atom. The summed E-state index contributed by atoms with van der Waals surface area (Å²) in [5.41, 5.74) is 0.694. The maximum absolute atomic E-state index is 11.2. The Bertz CT molecular complexity index is 581. The van der Waals surface area contributed by atoms with Gasteiger partial charge in [0.15, 0.2) is 5.75 Å². The van der Waals surface area contributed by atoms with Crippen LogP contribution in [-0.4, -0.2) is 40.7 Å². The van der Waals surface area contributed by atoms with Gasteiger partial charge in [0.2, 0.25) is 5.69 Å². The van der Waals surface area contributed by atoms with Crippen LogP contribution in [0.1, 0.15) is 23.8 Å². The van der Waals surface area contributed by atoms with Crippen molar-refractivity contribution in [2.45, 2.75) is 13.3 Å². The van der Waals surface area contributed by atoms with E-state index in [1.807, 2.05) is 37.3 Å². The highest BCUT2D eigenvalue weighted by Gasteiger charge is 2.17. The van der Waals surface area contributed by atoms with Gasteiger partial charge in [-0.3, -0.25) is 0 Å². The first-order chi connectivity index (χ1) is 10.2. The summed E-state index contributed by atoms with van der Waals surface area (Å²) in [6.45, 7) is 3.56. The minimum Gasteiger partial charge on any atom is -0.489 e. The molecule has 0 saturated carbocycles. The van der Waals surface area contributed by atoms with Crippen LogP contribution >= 0.6 is 0 Å². The molecule has 112 valence electrons. The fraction of sp³-hybridized carbons (Fsp3) is 0.333. The van der Waals surface area contributed by atoms with Crippen LogP contribution in [0.2, 0.25) is 0 Å². The van der Waals surface area contributed by atoms with Crippen molar-refractivity contribution in [2.75, 3.05) is 19.8 Å².